The molecule has 0 radical (unpaired) electrons. The third kappa shape index (κ3) is 5.38. The number of guanidine groups is 1. The average molecular weight is 351 g/mol. The Bertz CT molecular complexity index is 370. The molecule has 0 aliphatic heterocycles. The number of rotatable bonds is 2. The third-order valence-electron chi connectivity index (χ3n) is 2.19. The number of aryl methyl sites for hydroxylation is 2. The first-order chi connectivity index (χ1) is 7.29. The molecule has 0 saturated carbocycles. The number of nitrogens with two attached hydrogens (primary N) is 1. The predicted molar refractivity (Wildman–Crippen MR) is 81.7 cm³/mol. The molecule has 1 aromatic rings. The predicted octanol–water partition coefficient (Wildman–Crippen LogP) is 1.85. The van der Waals surface area contributed by atoms with Gasteiger partial charge in [-0.1, -0.05) is 0 Å². The van der Waals surface area contributed by atoms with Crippen LogP contribution >= 0.6 is 24.0 Å². The monoisotopic (exact) mass is 351 g/mol. The van der Waals surface area contributed by atoms with Crippen molar-refractivity contribution in [2.45, 2.75) is 46.7 Å². The molecular formula is C11H22IN5. The van der Waals surface area contributed by atoms with Crippen molar-refractivity contribution in [3.8, 4) is 0 Å². The van der Waals surface area contributed by atoms with Gasteiger partial charge in [-0.05, 0) is 34.6 Å². The summed E-state index contributed by atoms with van der Waals surface area (Å²) in [5.74, 6) is 0.465. The van der Waals surface area contributed by atoms with Gasteiger partial charge in [0.25, 0.3) is 0 Å². The van der Waals surface area contributed by atoms with Crippen LogP contribution in [0.15, 0.2) is 4.99 Å². The molecule has 6 heteroatoms. The fourth-order valence-corrected chi connectivity index (χ4v) is 1.39. The average Bonchev–Trinajstić information content (AvgIpc) is 2.41. The van der Waals surface area contributed by atoms with Crippen molar-refractivity contribution in [1.82, 2.24) is 15.5 Å². The van der Waals surface area contributed by atoms with Crippen LogP contribution in [0, 0.1) is 13.8 Å². The van der Waals surface area contributed by atoms with Crippen molar-refractivity contribution in [3.05, 3.63) is 17.0 Å². The van der Waals surface area contributed by atoms with Gasteiger partial charge < -0.3 is 11.1 Å². The molecule has 5 nitrogen and oxygen atoms in total. The Labute approximate surface area is 120 Å². The van der Waals surface area contributed by atoms with Crippen LogP contribution in [0.5, 0.6) is 0 Å². The van der Waals surface area contributed by atoms with Crippen molar-refractivity contribution >= 4 is 29.9 Å². The van der Waals surface area contributed by atoms with Crippen LogP contribution in [0.1, 0.15) is 37.7 Å². The minimum absolute atomic E-state index is 0. The van der Waals surface area contributed by atoms with Crippen LogP contribution in [0.2, 0.25) is 0 Å². The van der Waals surface area contributed by atoms with E-state index in [1.807, 2.05) is 34.6 Å². The highest BCUT2D eigenvalue weighted by atomic mass is 127. The summed E-state index contributed by atoms with van der Waals surface area (Å²) in [5, 5.41) is 10.2. The second-order valence-corrected chi connectivity index (χ2v) is 4.99. The summed E-state index contributed by atoms with van der Waals surface area (Å²) in [6.45, 7) is 10.6. The first-order valence-corrected chi connectivity index (χ1v) is 5.38. The molecule has 0 unspecified atom stereocenters. The summed E-state index contributed by atoms with van der Waals surface area (Å²) in [5.41, 5.74) is 8.86. The zero-order valence-electron chi connectivity index (χ0n) is 11.1. The van der Waals surface area contributed by atoms with E-state index in [2.05, 4.69) is 20.5 Å². The number of aromatic nitrogens is 2. The van der Waals surface area contributed by atoms with E-state index in [0.717, 1.165) is 17.0 Å². The van der Waals surface area contributed by atoms with Gasteiger partial charge >= 0.3 is 0 Å². The lowest BCUT2D eigenvalue weighted by Gasteiger charge is -2.20. The SMILES string of the molecule is Cc1n[nH]c(C)c1CN=C(N)NC(C)(C)C.I. The minimum atomic E-state index is -0.0614. The van der Waals surface area contributed by atoms with Crippen LogP contribution in [0.3, 0.4) is 0 Å². The van der Waals surface area contributed by atoms with E-state index < -0.39 is 0 Å². The van der Waals surface area contributed by atoms with Crippen LogP contribution in [0.4, 0.5) is 0 Å². The molecule has 4 N–H and O–H groups in total. The number of hydrogen-bond acceptors (Lipinski definition) is 2. The maximum Gasteiger partial charge on any atom is 0.189 e. The highest BCUT2D eigenvalue weighted by molar-refractivity contribution is 14.0. The van der Waals surface area contributed by atoms with Crippen LogP contribution in [0.25, 0.3) is 0 Å². The first-order valence-electron chi connectivity index (χ1n) is 5.38. The molecule has 0 bridgehead atoms. The Balaban J connectivity index is 0.00000256. The first kappa shape index (κ1) is 16.2. The molecular weight excluding hydrogens is 329 g/mol. The lowest BCUT2D eigenvalue weighted by molar-refractivity contribution is 0.508. The molecule has 0 aromatic carbocycles. The van der Waals surface area contributed by atoms with Crippen LogP contribution < -0.4 is 11.1 Å². The summed E-state index contributed by atoms with van der Waals surface area (Å²) < 4.78 is 0. The standard InChI is InChI=1S/C11H21N5.HI/c1-7-9(8(2)16-15-7)6-13-10(12)14-11(3,4)5;/h6H2,1-5H3,(H,15,16)(H3,12,13,14);1H. The Hall–Kier alpha value is -0.790. The zero-order valence-corrected chi connectivity index (χ0v) is 13.4. The van der Waals surface area contributed by atoms with Gasteiger partial charge in [-0.15, -0.1) is 24.0 Å². The van der Waals surface area contributed by atoms with Gasteiger partial charge in [0.2, 0.25) is 0 Å². The molecule has 0 amide bonds. The maximum absolute atomic E-state index is 5.78. The lowest BCUT2D eigenvalue weighted by Crippen LogP contribution is -2.45. The molecule has 0 spiro atoms. The Morgan fingerprint density at radius 3 is 2.41 bits per heavy atom. The molecule has 0 saturated heterocycles. The Morgan fingerprint density at radius 1 is 1.41 bits per heavy atom. The number of nitrogens with zero attached hydrogens (tertiary/aromatic N) is 2. The summed E-state index contributed by atoms with van der Waals surface area (Å²) in [6, 6.07) is 0. The summed E-state index contributed by atoms with van der Waals surface area (Å²) in [4.78, 5) is 4.30. The summed E-state index contributed by atoms with van der Waals surface area (Å²) >= 11 is 0. The van der Waals surface area contributed by atoms with Crippen LogP contribution in [-0.2, 0) is 6.54 Å². The Morgan fingerprint density at radius 2 is 2.00 bits per heavy atom. The number of aliphatic imine (C=N–C) groups is 1. The highest BCUT2D eigenvalue weighted by Gasteiger charge is 2.10. The second-order valence-electron chi connectivity index (χ2n) is 4.99. The van der Waals surface area contributed by atoms with Gasteiger partial charge in [0.15, 0.2) is 5.96 Å². The molecule has 17 heavy (non-hydrogen) atoms. The van der Waals surface area contributed by atoms with Crippen molar-refractivity contribution in [1.29, 1.82) is 0 Å². The number of nitrogens with one attached hydrogen (secondary N) is 2. The van der Waals surface area contributed by atoms with Gasteiger partial charge in [0.05, 0.1) is 12.2 Å². The number of hydrogen-bond donors (Lipinski definition) is 3. The fourth-order valence-electron chi connectivity index (χ4n) is 1.39. The lowest BCUT2D eigenvalue weighted by atomic mass is 10.1. The number of aromatic amines is 1. The van der Waals surface area contributed by atoms with Gasteiger partial charge in [0.1, 0.15) is 0 Å². The summed E-state index contributed by atoms with van der Waals surface area (Å²) in [6.07, 6.45) is 0. The van der Waals surface area contributed by atoms with Crippen LogP contribution in [-0.4, -0.2) is 21.7 Å². The van der Waals surface area contributed by atoms with Crippen molar-refractivity contribution in [2.75, 3.05) is 0 Å². The highest BCUT2D eigenvalue weighted by Crippen LogP contribution is 2.10. The summed E-state index contributed by atoms with van der Waals surface area (Å²) in [7, 11) is 0. The number of H-pyrrole nitrogens is 1. The molecule has 0 aliphatic carbocycles. The molecule has 1 rings (SSSR count). The third-order valence-corrected chi connectivity index (χ3v) is 2.19. The second kappa shape index (κ2) is 6.23. The molecule has 0 atom stereocenters. The van der Waals surface area contributed by atoms with Gasteiger partial charge in [-0.3, -0.25) is 5.10 Å². The molecule has 98 valence electrons. The maximum atomic E-state index is 5.78. The normalized spacial score (nSPS) is 12.2. The smallest absolute Gasteiger partial charge is 0.189 e. The largest absolute Gasteiger partial charge is 0.370 e. The van der Waals surface area contributed by atoms with Crippen molar-refractivity contribution < 1.29 is 0 Å². The topological polar surface area (TPSA) is 79.1 Å². The van der Waals surface area contributed by atoms with E-state index in [4.69, 9.17) is 5.73 Å². The van der Waals surface area contributed by atoms with E-state index >= 15 is 0 Å². The van der Waals surface area contributed by atoms with E-state index in [1.165, 1.54) is 0 Å². The zero-order chi connectivity index (χ0) is 12.3. The minimum Gasteiger partial charge on any atom is -0.370 e. The van der Waals surface area contributed by atoms with Crippen molar-refractivity contribution in [2.24, 2.45) is 10.7 Å². The fraction of sp³-hybridized carbons (Fsp3) is 0.636. The van der Waals surface area contributed by atoms with E-state index in [0.29, 0.717) is 12.5 Å². The van der Waals surface area contributed by atoms with Gasteiger partial charge in [-0.2, -0.15) is 5.10 Å². The number of halogens is 1. The molecule has 1 aromatic heterocycles. The van der Waals surface area contributed by atoms with Gasteiger partial charge in [-0.25, -0.2) is 4.99 Å². The molecule has 1 heterocycles. The quantitative estimate of drug-likeness (QED) is 0.432. The molecule has 0 fully saturated rings. The molecule has 0 aliphatic rings. The van der Waals surface area contributed by atoms with Gasteiger partial charge in [0, 0.05) is 16.8 Å². The van der Waals surface area contributed by atoms with E-state index in [1.54, 1.807) is 0 Å². The Kier molecular flexibility index (Phi) is 5.94. The van der Waals surface area contributed by atoms with Crippen molar-refractivity contribution in [3.63, 3.8) is 0 Å². The van der Waals surface area contributed by atoms with E-state index in [9.17, 15) is 0 Å². The van der Waals surface area contributed by atoms with E-state index in [-0.39, 0.29) is 29.5 Å².